The van der Waals surface area contributed by atoms with E-state index < -0.39 is 6.04 Å². The van der Waals surface area contributed by atoms with Crippen LogP contribution in [0.3, 0.4) is 0 Å². The highest BCUT2D eigenvalue weighted by Gasteiger charge is 2.34. The SMILES string of the molecule is Cc1ccc(C(=O)N[C@@H]2CCN(c3ccc(C)c(C)c3)C2=O)c(C)c1. The fourth-order valence-corrected chi connectivity index (χ4v) is 3.27. The van der Waals surface area contributed by atoms with Crippen LogP contribution in [0.2, 0.25) is 0 Å². The lowest BCUT2D eigenvalue weighted by atomic mass is 10.0. The number of carbonyl (C=O) groups is 2. The smallest absolute Gasteiger partial charge is 0.252 e. The zero-order valence-corrected chi connectivity index (χ0v) is 15.2. The highest BCUT2D eigenvalue weighted by molar-refractivity contribution is 6.04. The van der Waals surface area contributed by atoms with Gasteiger partial charge in [-0.25, -0.2) is 0 Å². The van der Waals surface area contributed by atoms with Gasteiger partial charge in [0.05, 0.1) is 0 Å². The summed E-state index contributed by atoms with van der Waals surface area (Å²) in [5.41, 5.74) is 5.93. The lowest BCUT2D eigenvalue weighted by molar-refractivity contribution is -0.118. The molecule has 4 nitrogen and oxygen atoms in total. The summed E-state index contributed by atoms with van der Waals surface area (Å²) in [4.78, 5) is 27.0. The molecule has 3 rings (SSSR count). The zero-order chi connectivity index (χ0) is 18.1. The summed E-state index contributed by atoms with van der Waals surface area (Å²) in [7, 11) is 0. The number of aryl methyl sites for hydroxylation is 4. The molecule has 2 amide bonds. The van der Waals surface area contributed by atoms with Gasteiger partial charge >= 0.3 is 0 Å². The van der Waals surface area contributed by atoms with Crippen molar-refractivity contribution in [3.05, 3.63) is 64.2 Å². The van der Waals surface area contributed by atoms with Crippen LogP contribution in [0.1, 0.15) is 39.0 Å². The van der Waals surface area contributed by atoms with Gasteiger partial charge < -0.3 is 10.2 Å². The van der Waals surface area contributed by atoms with Gasteiger partial charge in [0.15, 0.2) is 0 Å². The van der Waals surface area contributed by atoms with E-state index in [9.17, 15) is 9.59 Å². The van der Waals surface area contributed by atoms with Crippen LogP contribution in [0.25, 0.3) is 0 Å². The van der Waals surface area contributed by atoms with Crippen LogP contribution in [-0.2, 0) is 4.79 Å². The predicted octanol–water partition coefficient (Wildman–Crippen LogP) is 3.46. The summed E-state index contributed by atoms with van der Waals surface area (Å²) in [6.07, 6.45) is 0.627. The largest absolute Gasteiger partial charge is 0.340 e. The molecule has 130 valence electrons. The molecule has 1 fully saturated rings. The van der Waals surface area contributed by atoms with Crippen molar-refractivity contribution in [1.29, 1.82) is 0 Å². The van der Waals surface area contributed by atoms with Gasteiger partial charge in [-0.2, -0.15) is 0 Å². The molecule has 1 N–H and O–H groups in total. The van der Waals surface area contributed by atoms with Gasteiger partial charge in [-0.05, 0) is 69.0 Å². The van der Waals surface area contributed by atoms with Gasteiger partial charge in [0.25, 0.3) is 5.91 Å². The highest BCUT2D eigenvalue weighted by Crippen LogP contribution is 2.24. The lowest BCUT2D eigenvalue weighted by Gasteiger charge is -2.18. The van der Waals surface area contributed by atoms with Crippen LogP contribution in [0.15, 0.2) is 36.4 Å². The standard InChI is InChI=1S/C21H24N2O2/c1-13-5-8-18(16(4)11-13)20(24)22-19-9-10-23(21(19)25)17-7-6-14(2)15(3)12-17/h5-8,11-12,19H,9-10H2,1-4H3,(H,22,24)/t19-/m1/s1. The third kappa shape index (κ3) is 3.43. The summed E-state index contributed by atoms with van der Waals surface area (Å²) in [5, 5.41) is 2.90. The summed E-state index contributed by atoms with van der Waals surface area (Å²) in [5.74, 6) is -0.223. The highest BCUT2D eigenvalue weighted by atomic mass is 16.2. The Morgan fingerprint density at radius 2 is 1.76 bits per heavy atom. The number of nitrogens with zero attached hydrogens (tertiary/aromatic N) is 1. The predicted molar refractivity (Wildman–Crippen MR) is 100 cm³/mol. The zero-order valence-electron chi connectivity index (χ0n) is 15.2. The van der Waals surface area contributed by atoms with E-state index in [4.69, 9.17) is 0 Å². The Balaban J connectivity index is 1.73. The molecule has 0 saturated carbocycles. The van der Waals surface area contributed by atoms with E-state index in [-0.39, 0.29) is 11.8 Å². The van der Waals surface area contributed by atoms with Crippen molar-refractivity contribution < 1.29 is 9.59 Å². The van der Waals surface area contributed by atoms with Crippen molar-refractivity contribution >= 4 is 17.5 Å². The fraction of sp³-hybridized carbons (Fsp3) is 0.333. The van der Waals surface area contributed by atoms with E-state index in [1.807, 2.05) is 57.2 Å². The second-order valence-corrected chi connectivity index (χ2v) is 6.89. The van der Waals surface area contributed by atoms with Crippen LogP contribution in [0, 0.1) is 27.7 Å². The van der Waals surface area contributed by atoms with Gasteiger partial charge in [0, 0.05) is 17.8 Å². The molecule has 1 saturated heterocycles. The first-order valence-corrected chi connectivity index (χ1v) is 8.63. The molecule has 1 aliphatic heterocycles. The molecule has 1 aliphatic rings. The van der Waals surface area contributed by atoms with Crippen LogP contribution >= 0.6 is 0 Å². The topological polar surface area (TPSA) is 49.4 Å². The molecule has 0 unspecified atom stereocenters. The van der Waals surface area contributed by atoms with E-state index in [0.717, 1.165) is 22.4 Å². The van der Waals surface area contributed by atoms with E-state index in [0.29, 0.717) is 18.5 Å². The Hall–Kier alpha value is -2.62. The van der Waals surface area contributed by atoms with E-state index in [1.54, 1.807) is 4.90 Å². The first kappa shape index (κ1) is 17.2. The maximum absolute atomic E-state index is 12.7. The Bertz CT molecular complexity index is 842. The van der Waals surface area contributed by atoms with Crippen LogP contribution in [0.5, 0.6) is 0 Å². The minimum atomic E-state index is -0.463. The minimum absolute atomic E-state index is 0.0404. The molecular formula is C21H24N2O2. The monoisotopic (exact) mass is 336 g/mol. The molecular weight excluding hydrogens is 312 g/mol. The van der Waals surface area contributed by atoms with E-state index >= 15 is 0 Å². The van der Waals surface area contributed by atoms with Gasteiger partial charge in [-0.1, -0.05) is 23.8 Å². The number of hydrogen-bond donors (Lipinski definition) is 1. The maximum atomic E-state index is 12.7. The van der Waals surface area contributed by atoms with E-state index in [1.165, 1.54) is 5.56 Å². The van der Waals surface area contributed by atoms with E-state index in [2.05, 4.69) is 12.2 Å². The van der Waals surface area contributed by atoms with Crippen molar-refractivity contribution in [2.75, 3.05) is 11.4 Å². The average molecular weight is 336 g/mol. The molecule has 2 aromatic carbocycles. The van der Waals surface area contributed by atoms with Crippen LogP contribution in [0.4, 0.5) is 5.69 Å². The molecule has 0 spiro atoms. The third-order valence-electron chi connectivity index (χ3n) is 4.94. The van der Waals surface area contributed by atoms with Gasteiger partial charge in [-0.15, -0.1) is 0 Å². The van der Waals surface area contributed by atoms with Crippen molar-refractivity contribution in [3.8, 4) is 0 Å². The number of anilines is 1. The Labute approximate surface area is 148 Å². The van der Waals surface area contributed by atoms with Crippen molar-refractivity contribution in [1.82, 2.24) is 5.32 Å². The molecule has 25 heavy (non-hydrogen) atoms. The molecule has 4 heteroatoms. The Morgan fingerprint density at radius 3 is 2.44 bits per heavy atom. The minimum Gasteiger partial charge on any atom is -0.340 e. The fourth-order valence-electron chi connectivity index (χ4n) is 3.27. The van der Waals surface area contributed by atoms with Crippen molar-refractivity contribution in [2.24, 2.45) is 0 Å². The summed E-state index contributed by atoms with van der Waals surface area (Å²) < 4.78 is 0. The quantitative estimate of drug-likeness (QED) is 0.933. The summed E-state index contributed by atoms with van der Waals surface area (Å²) >= 11 is 0. The third-order valence-corrected chi connectivity index (χ3v) is 4.94. The molecule has 0 radical (unpaired) electrons. The first-order valence-electron chi connectivity index (χ1n) is 8.63. The normalized spacial score (nSPS) is 17.0. The van der Waals surface area contributed by atoms with Gasteiger partial charge in [0.2, 0.25) is 5.91 Å². The number of carbonyl (C=O) groups excluding carboxylic acids is 2. The number of hydrogen-bond acceptors (Lipinski definition) is 2. The molecule has 1 heterocycles. The van der Waals surface area contributed by atoms with Crippen molar-refractivity contribution in [2.45, 2.75) is 40.2 Å². The van der Waals surface area contributed by atoms with Gasteiger partial charge in [-0.3, -0.25) is 9.59 Å². The van der Waals surface area contributed by atoms with Gasteiger partial charge in [0.1, 0.15) is 6.04 Å². The molecule has 0 aliphatic carbocycles. The number of rotatable bonds is 3. The number of nitrogens with one attached hydrogen (secondary N) is 1. The summed E-state index contributed by atoms with van der Waals surface area (Å²) in [6.45, 7) is 8.63. The van der Waals surface area contributed by atoms with Crippen molar-refractivity contribution in [3.63, 3.8) is 0 Å². The number of benzene rings is 2. The second-order valence-electron chi connectivity index (χ2n) is 6.89. The second kappa shape index (κ2) is 6.71. The maximum Gasteiger partial charge on any atom is 0.252 e. The first-order chi connectivity index (χ1) is 11.9. The Morgan fingerprint density at radius 1 is 1.00 bits per heavy atom. The van der Waals surface area contributed by atoms with Crippen LogP contribution < -0.4 is 10.2 Å². The molecule has 0 aromatic heterocycles. The molecule has 1 atom stereocenters. The Kier molecular flexibility index (Phi) is 4.62. The van der Waals surface area contributed by atoms with Crippen LogP contribution in [-0.4, -0.2) is 24.4 Å². The summed E-state index contributed by atoms with van der Waals surface area (Å²) in [6, 6.07) is 11.3. The molecule has 0 bridgehead atoms. The molecule has 2 aromatic rings. The number of amides is 2. The average Bonchev–Trinajstić information content (AvgIpc) is 2.91. The lowest BCUT2D eigenvalue weighted by Crippen LogP contribution is -2.41.